The highest BCUT2D eigenvalue weighted by molar-refractivity contribution is 7.15. The summed E-state index contributed by atoms with van der Waals surface area (Å²) in [5.74, 6) is 0.191. The van der Waals surface area contributed by atoms with Gasteiger partial charge in [0, 0.05) is 17.0 Å². The third-order valence-electron chi connectivity index (χ3n) is 2.90. The lowest BCUT2D eigenvalue weighted by Gasteiger charge is -2.04. The van der Waals surface area contributed by atoms with Crippen molar-refractivity contribution in [2.24, 2.45) is 0 Å². The summed E-state index contributed by atoms with van der Waals surface area (Å²) in [6.45, 7) is 8.19. The molecule has 1 aromatic heterocycles. The van der Waals surface area contributed by atoms with E-state index in [9.17, 15) is 4.39 Å². The van der Waals surface area contributed by atoms with Gasteiger partial charge in [0.25, 0.3) is 0 Å². The van der Waals surface area contributed by atoms with Crippen LogP contribution in [-0.4, -0.2) is 11.5 Å². The van der Waals surface area contributed by atoms with E-state index in [1.165, 1.54) is 17.0 Å². The fourth-order valence-corrected chi connectivity index (χ4v) is 3.09. The number of hydrogen-bond acceptors (Lipinski definition) is 3. The Morgan fingerprint density at radius 2 is 1.95 bits per heavy atom. The Morgan fingerprint density at radius 1 is 1.26 bits per heavy atom. The molecule has 0 atom stereocenters. The molecule has 4 heteroatoms. The third-order valence-corrected chi connectivity index (χ3v) is 4.02. The van der Waals surface area contributed by atoms with Crippen molar-refractivity contribution in [2.45, 2.75) is 33.2 Å². The number of halogens is 1. The zero-order chi connectivity index (χ0) is 13.8. The maximum absolute atomic E-state index is 13.0. The molecule has 0 aliphatic heterocycles. The van der Waals surface area contributed by atoms with E-state index in [0.717, 1.165) is 29.4 Å². The lowest BCUT2D eigenvalue weighted by Crippen LogP contribution is -2.12. The Labute approximate surface area is 117 Å². The molecule has 0 saturated carbocycles. The largest absolute Gasteiger partial charge is 0.312 e. The van der Waals surface area contributed by atoms with E-state index < -0.39 is 0 Å². The highest BCUT2D eigenvalue weighted by Gasteiger charge is 2.14. The van der Waals surface area contributed by atoms with Gasteiger partial charge in [-0.15, -0.1) is 11.3 Å². The summed E-state index contributed by atoms with van der Waals surface area (Å²) in [6, 6.07) is 6.54. The minimum Gasteiger partial charge on any atom is -0.312 e. The fraction of sp³-hybridized carbons (Fsp3) is 0.400. The first-order valence-electron chi connectivity index (χ1n) is 6.58. The average Bonchev–Trinajstić information content (AvgIpc) is 2.81. The Morgan fingerprint density at radius 3 is 2.53 bits per heavy atom. The molecule has 0 radical (unpaired) electrons. The summed E-state index contributed by atoms with van der Waals surface area (Å²) in [5.41, 5.74) is 2.13. The van der Waals surface area contributed by atoms with Crippen LogP contribution < -0.4 is 5.32 Å². The number of thiazole rings is 1. The van der Waals surface area contributed by atoms with E-state index in [1.807, 2.05) is 0 Å². The van der Waals surface area contributed by atoms with Crippen molar-refractivity contribution in [3.8, 4) is 10.6 Å². The fourth-order valence-electron chi connectivity index (χ4n) is 1.90. The van der Waals surface area contributed by atoms with Gasteiger partial charge in [-0.3, -0.25) is 0 Å². The van der Waals surface area contributed by atoms with Crippen molar-refractivity contribution in [3.63, 3.8) is 0 Å². The summed E-state index contributed by atoms with van der Waals surface area (Å²) < 4.78 is 13.0. The molecular weight excluding hydrogens is 259 g/mol. The Hall–Kier alpha value is -1.26. The van der Waals surface area contributed by atoms with E-state index in [2.05, 4.69) is 26.1 Å². The van der Waals surface area contributed by atoms with Gasteiger partial charge in [0.05, 0.1) is 5.69 Å². The van der Waals surface area contributed by atoms with Crippen LogP contribution in [0.5, 0.6) is 0 Å². The van der Waals surface area contributed by atoms with Gasteiger partial charge in [-0.25, -0.2) is 9.37 Å². The molecule has 102 valence electrons. The number of benzene rings is 1. The molecular formula is C15H19FN2S. The number of nitrogens with zero attached hydrogens (tertiary/aromatic N) is 1. The van der Waals surface area contributed by atoms with Gasteiger partial charge in [-0.1, -0.05) is 20.8 Å². The predicted molar refractivity (Wildman–Crippen MR) is 79.0 cm³/mol. The first kappa shape index (κ1) is 14.2. The smallest absolute Gasteiger partial charge is 0.123 e. The van der Waals surface area contributed by atoms with Crippen molar-refractivity contribution >= 4 is 11.3 Å². The zero-order valence-electron chi connectivity index (χ0n) is 11.5. The molecule has 0 fully saturated rings. The van der Waals surface area contributed by atoms with Crippen LogP contribution in [0.3, 0.4) is 0 Å². The molecule has 0 spiro atoms. The monoisotopic (exact) mass is 278 g/mol. The molecule has 0 saturated heterocycles. The summed E-state index contributed by atoms with van der Waals surface area (Å²) in [5, 5.41) is 4.31. The van der Waals surface area contributed by atoms with E-state index in [1.54, 1.807) is 23.5 Å². The summed E-state index contributed by atoms with van der Waals surface area (Å²) in [7, 11) is 0. The highest BCUT2D eigenvalue weighted by Crippen LogP contribution is 2.31. The van der Waals surface area contributed by atoms with Crippen LogP contribution in [0, 0.1) is 5.82 Å². The SMILES string of the molecule is CCNCc1sc(-c2ccc(F)cc2)nc1C(C)C. The molecule has 1 aromatic carbocycles. The normalized spacial score (nSPS) is 11.2. The molecule has 0 bridgehead atoms. The van der Waals surface area contributed by atoms with Crippen LogP contribution in [0.15, 0.2) is 24.3 Å². The molecule has 19 heavy (non-hydrogen) atoms. The number of nitrogens with one attached hydrogen (secondary N) is 1. The van der Waals surface area contributed by atoms with Gasteiger partial charge in [0.2, 0.25) is 0 Å². The minimum absolute atomic E-state index is 0.211. The van der Waals surface area contributed by atoms with Crippen molar-refractivity contribution in [2.75, 3.05) is 6.54 Å². The minimum atomic E-state index is -0.211. The standard InChI is InChI=1S/C15H19FN2S/c1-4-17-9-13-14(10(2)3)18-15(19-13)11-5-7-12(16)8-6-11/h5-8,10,17H,4,9H2,1-3H3. The number of hydrogen-bond donors (Lipinski definition) is 1. The van der Waals surface area contributed by atoms with Crippen molar-refractivity contribution in [3.05, 3.63) is 40.7 Å². The van der Waals surface area contributed by atoms with Gasteiger partial charge in [-0.2, -0.15) is 0 Å². The Kier molecular flexibility index (Phi) is 4.66. The summed E-state index contributed by atoms with van der Waals surface area (Å²) in [4.78, 5) is 5.99. The van der Waals surface area contributed by atoms with Crippen LogP contribution in [0.4, 0.5) is 4.39 Å². The first-order chi connectivity index (χ1) is 9.11. The molecule has 0 aliphatic rings. The van der Waals surface area contributed by atoms with Crippen LogP contribution in [0.25, 0.3) is 10.6 Å². The quantitative estimate of drug-likeness (QED) is 0.887. The second-order valence-electron chi connectivity index (χ2n) is 4.77. The van der Waals surface area contributed by atoms with Gasteiger partial charge in [0.1, 0.15) is 10.8 Å². The van der Waals surface area contributed by atoms with Gasteiger partial charge >= 0.3 is 0 Å². The molecule has 0 aliphatic carbocycles. The molecule has 2 aromatic rings. The number of aromatic nitrogens is 1. The summed E-state index contributed by atoms with van der Waals surface area (Å²) >= 11 is 1.69. The molecule has 2 nitrogen and oxygen atoms in total. The molecule has 1 heterocycles. The number of rotatable bonds is 5. The van der Waals surface area contributed by atoms with Crippen LogP contribution >= 0.6 is 11.3 Å². The van der Waals surface area contributed by atoms with Crippen molar-refractivity contribution < 1.29 is 4.39 Å². The third kappa shape index (κ3) is 3.39. The van der Waals surface area contributed by atoms with Crippen LogP contribution in [-0.2, 0) is 6.54 Å². The second kappa shape index (κ2) is 6.26. The second-order valence-corrected chi connectivity index (χ2v) is 5.85. The maximum atomic E-state index is 13.0. The predicted octanol–water partition coefficient (Wildman–Crippen LogP) is 4.18. The van der Waals surface area contributed by atoms with Gasteiger partial charge in [0.15, 0.2) is 0 Å². The molecule has 0 amide bonds. The van der Waals surface area contributed by atoms with Crippen molar-refractivity contribution in [1.82, 2.24) is 10.3 Å². The van der Waals surface area contributed by atoms with Gasteiger partial charge in [-0.05, 0) is 36.7 Å². The highest BCUT2D eigenvalue weighted by atomic mass is 32.1. The molecule has 1 N–H and O–H groups in total. The van der Waals surface area contributed by atoms with Crippen LogP contribution in [0.1, 0.15) is 37.3 Å². The van der Waals surface area contributed by atoms with E-state index >= 15 is 0 Å². The molecule has 2 rings (SSSR count). The Balaban J connectivity index is 2.33. The maximum Gasteiger partial charge on any atom is 0.123 e. The van der Waals surface area contributed by atoms with E-state index in [4.69, 9.17) is 4.98 Å². The van der Waals surface area contributed by atoms with Crippen molar-refractivity contribution in [1.29, 1.82) is 0 Å². The average molecular weight is 278 g/mol. The first-order valence-corrected chi connectivity index (χ1v) is 7.39. The molecule has 0 unspecified atom stereocenters. The lowest BCUT2D eigenvalue weighted by molar-refractivity contribution is 0.628. The Bertz CT molecular complexity index is 532. The van der Waals surface area contributed by atoms with E-state index in [0.29, 0.717) is 5.92 Å². The summed E-state index contributed by atoms with van der Waals surface area (Å²) in [6.07, 6.45) is 0. The zero-order valence-corrected chi connectivity index (χ0v) is 12.4. The lowest BCUT2D eigenvalue weighted by atomic mass is 10.1. The van der Waals surface area contributed by atoms with Crippen LogP contribution in [0.2, 0.25) is 0 Å². The van der Waals surface area contributed by atoms with Gasteiger partial charge < -0.3 is 5.32 Å². The van der Waals surface area contributed by atoms with E-state index in [-0.39, 0.29) is 5.82 Å². The topological polar surface area (TPSA) is 24.9 Å².